The number of hydrogen-bond acceptors (Lipinski definition) is 4. The molecule has 4 rings (SSSR count). The lowest BCUT2D eigenvalue weighted by molar-refractivity contribution is -0.144. The van der Waals surface area contributed by atoms with Gasteiger partial charge in [-0.2, -0.15) is 0 Å². The summed E-state index contributed by atoms with van der Waals surface area (Å²) in [7, 11) is 0. The van der Waals surface area contributed by atoms with Gasteiger partial charge in [0, 0.05) is 44.5 Å². The van der Waals surface area contributed by atoms with Crippen molar-refractivity contribution in [1.29, 1.82) is 0 Å². The maximum Gasteiger partial charge on any atom is 0.230 e. The molecule has 0 aliphatic carbocycles. The summed E-state index contributed by atoms with van der Waals surface area (Å²) in [4.78, 5) is 22.0. The predicted molar refractivity (Wildman–Crippen MR) is 110 cm³/mol. The van der Waals surface area contributed by atoms with E-state index in [2.05, 4.69) is 27.0 Å². The zero-order chi connectivity index (χ0) is 16.7. The number of carbonyl (C=O) groups excluding carboxylic acids is 1. The van der Waals surface area contributed by atoms with Gasteiger partial charge in [-0.1, -0.05) is 18.5 Å². The lowest BCUT2D eigenvalue weighted by Gasteiger charge is -2.42. The molecule has 0 radical (unpaired) electrons. The molecule has 3 aliphatic heterocycles. The summed E-state index contributed by atoms with van der Waals surface area (Å²) < 4.78 is 0. The van der Waals surface area contributed by atoms with Crippen molar-refractivity contribution >= 4 is 48.1 Å². The second-order valence-electron chi connectivity index (χ2n) is 7.32. The van der Waals surface area contributed by atoms with E-state index in [0.717, 1.165) is 51.3 Å². The van der Waals surface area contributed by atoms with Crippen LogP contribution in [0.4, 0.5) is 5.82 Å². The number of halogens is 3. The van der Waals surface area contributed by atoms with Crippen LogP contribution in [-0.4, -0.2) is 54.1 Å². The number of aromatic nitrogens is 1. The number of amides is 1. The summed E-state index contributed by atoms with van der Waals surface area (Å²) in [5.41, 5.74) is -0.163. The number of rotatable bonds is 3. The molecule has 0 saturated carbocycles. The van der Waals surface area contributed by atoms with Crippen LogP contribution in [0, 0.1) is 5.41 Å². The molecule has 0 unspecified atom stereocenters. The number of carbonyl (C=O) groups is 1. The summed E-state index contributed by atoms with van der Waals surface area (Å²) in [6, 6.07) is 4.76. The maximum absolute atomic E-state index is 13.3. The van der Waals surface area contributed by atoms with E-state index >= 15 is 0 Å². The topological polar surface area (TPSA) is 48.5 Å². The molecule has 1 N–H and O–H groups in total. The Morgan fingerprint density at radius 3 is 2.50 bits per heavy atom. The number of hydrogen-bond donors (Lipinski definition) is 1. The molecule has 5 nitrogen and oxygen atoms in total. The quantitative estimate of drug-likeness (QED) is 0.814. The minimum absolute atomic E-state index is 0. The first-order valence-electron chi connectivity index (χ1n) is 9.04. The highest BCUT2D eigenvalue weighted by atomic mass is 35.5. The average Bonchev–Trinajstić information content (AvgIpc) is 3.23. The molecule has 1 aromatic rings. The summed E-state index contributed by atoms with van der Waals surface area (Å²) in [5, 5.41) is 4.30. The maximum atomic E-state index is 13.3. The monoisotopic (exact) mass is 420 g/mol. The number of pyridine rings is 1. The smallest absolute Gasteiger partial charge is 0.230 e. The van der Waals surface area contributed by atoms with Gasteiger partial charge in [-0.25, -0.2) is 4.98 Å². The first kappa shape index (κ1) is 21.5. The van der Waals surface area contributed by atoms with Crippen LogP contribution in [0.15, 0.2) is 18.3 Å². The molecule has 26 heavy (non-hydrogen) atoms. The number of anilines is 1. The van der Waals surface area contributed by atoms with E-state index in [4.69, 9.17) is 11.6 Å². The highest BCUT2D eigenvalue weighted by molar-refractivity contribution is 6.30. The molecule has 3 saturated heterocycles. The number of nitrogens with zero attached hydrogens (tertiary/aromatic N) is 3. The van der Waals surface area contributed by atoms with Crippen LogP contribution in [-0.2, 0) is 4.79 Å². The van der Waals surface area contributed by atoms with E-state index in [1.807, 2.05) is 12.1 Å². The minimum Gasteiger partial charge on any atom is -0.353 e. The summed E-state index contributed by atoms with van der Waals surface area (Å²) >= 11 is 5.91. The largest absolute Gasteiger partial charge is 0.353 e. The van der Waals surface area contributed by atoms with Gasteiger partial charge in [-0.3, -0.25) is 4.79 Å². The summed E-state index contributed by atoms with van der Waals surface area (Å²) in [5.74, 6) is 1.31. The second kappa shape index (κ2) is 8.51. The van der Waals surface area contributed by atoms with Crippen molar-refractivity contribution in [3.8, 4) is 0 Å². The van der Waals surface area contributed by atoms with Crippen LogP contribution in [0.2, 0.25) is 5.02 Å². The molecule has 0 spiro atoms. The Morgan fingerprint density at radius 1 is 1.27 bits per heavy atom. The Balaban J connectivity index is 0.00000121. The summed E-state index contributed by atoms with van der Waals surface area (Å²) in [6.07, 6.45) is 6.03. The Kier molecular flexibility index (Phi) is 7.05. The Labute approximate surface area is 172 Å². The van der Waals surface area contributed by atoms with E-state index in [9.17, 15) is 4.79 Å². The van der Waals surface area contributed by atoms with E-state index in [-0.39, 0.29) is 30.2 Å². The first-order valence-corrected chi connectivity index (χ1v) is 9.42. The zero-order valence-electron chi connectivity index (χ0n) is 15.0. The van der Waals surface area contributed by atoms with Gasteiger partial charge in [-0.15, -0.1) is 24.8 Å². The molecule has 146 valence electrons. The van der Waals surface area contributed by atoms with Crippen molar-refractivity contribution in [1.82, 2.24) is 15.2 Å². The molecule has 3 atom stereocenters. The molecule has 0 aromatic carbocycles. The van der Waals surface area contributed by atoms with Crippen LogP contribution in [0.3, 0.4) is 0 Å². The SMILES string of the molecule is CC[C@@]1(C(=O)N2CCN(c3ccc(Cl)cn3)CC2)C[C@@H]2CC[C@H]1N2.Cl.Cl. The van der Waals surface area contributed by atoms with Crippen LogP contribution in [0.1, 0.15) is 32.6 Å². The Morgan fingerprint density at radius 2 is 2.00 bits per heavy atom. The normalized spacial score (nSPS) is 29.9. The van der Waals surface area contributed by atoms with Gasteiger partial charge in [0.1, 0.15) is 5.82 Å². The van der Waals surface area contributed by atoms with Crippen LogP contribution >= 0.6 is 36.4 Å². The van der Waals surface area contributed by atoms with Gasteiger partial charge in [0.25, 0.3) is 0 Å². The van der Waals surface area contributed by atoms with Crippen LogP contribution < -0.4 is 10.2 Å². The predicted octanol–water partition coefficient (Wildman–Crippen LogP) is 3.15. The van der Waals surface area contributed by atoms with Crippen molar-refractivity contribution in [2.45, 2.75) is 44.7 Å². The van der Waals surface area contributed by atoms with Gasteiger partial charge in [0.15, 0.2) is 0 Å². The van der Waals surface area contributed by atoms with E-state index in [1.54, 1.807) is 6.20 Å². The molecular formula is C18H27Cl3N4O. The second-order valence-corrected chi connectivity index (χ2v) is 7.76. The lowest BCUT2D eigenvalue weighted by atomic mass is 9.70. The van der Waals surface area contributed by atoms with Gasteiger partial charge in [0.05, 0.1) is 10.4 Å². The van der Waals surface area contributed by atoms with E-state index in [0.29, 0.717) is 23.0 Å². The third-order valence-electron chi connectivity index (χ3n) is 6.18. The molecule has 2 bridgehead atoms. The number of nitrogens with one attached hydrogen (secondary N) is 1. The molecule has 3 fully saturated rings. The van der Waals surface area contributed by atoms with Crippen molar-refractivity contribution in [2.24, 2.45) is 5.41 Å². The van der Waals surface area contributed by atoms with Gasteiger partial charge >= 0.3 is 0 Å². The third kappa shape index (κ3) is 3.64. The molecular weight excluding hydrogens is 395 g/mol. The standard InChI is InChI=1S/C18H25ClN4O.2ClH/c1-2-18(11-14-4-5-15(18)21-14)17(24)23-9-7-22(8-10-23)16-6-3-13(19)12-20-16;;/h3,6,12,14-15,21H,2,4-5,7-11H2,1H3;2*1H/t14-,15+,18+;;/m0../s1. The average molecular weight is 422 g/mol. The molecule has 1 amide bonds. The van der Waals surface area contributed by atoms with Crippen molar-refractivity contribution in [2.75, 3.05) is 31.1 Å². The first-order chi connectivity index (χ1) is 11.6. The van der Waals surface area contributed by atoms with Gasteiger partial charge < -0.3 is 15.1 Å². The third-order valence-corrected chi connectivity index (χ3v) is 6.40. The van der Waals surface area contributed by atoms with Gasteiger partial charge in [0.2, 0.25) is 5.91 Å². The minimum atomic E-state index is -0.163. The van der Waals surface area contributed by atoms with Crippen LogP contribution in [0.5, 0.6) is 0 Å². The molecule has 8 heteroatoms. The zero-order valence-corrected chi connectivity index (χ0v) is 17.4. The fourth-order valence-corrected chi connectivity index (χ4v) is 4.90. The van der Waals surface area contributed by atoms with Crippen molar-refractivity contribution in [3.63, 3.8) is 0 Å². The molecule has 3 aliphatic rings. The molecule has 4 heterocycles. The molecule has 1 aromatic heterocycles. The fourth-order valence-electron chi connectivity index (χ4n) is 4.78. The van der Waals surface area contributed by atoms with Crippen LogP contribution in [0.25, 0.3) is 0 Å². The highest BCUT2D eigenvalue weighted by Crippen LogP contribution is 2.47. The van der Waals surface area contributed by atoms with E-state index in [1.165, 1.54) is 6.42 Å². The van der Waals surface area contributed by atoms with Gasteiger partial charge in [-0.05, 0) is 37.8 Å². The highest BCUT2D eigenvalue weighted by Gasteiger charge is 2.55. The fraction of sp³-hybridized carbons (Fsp3) is 0.667. The number of fused-ring (bicyclic) bond motifs is 2. The van der Waals surface area contributed by atoms with Crippen molar-refractivity contribution in [3.05, 3.63) is 23.4 Å². The summed E-state index contributed by atoms with van der Waals surface area (Å²) in [6.45, 7) is 5.40. The number of piperazine rings is 1. The lowest BCUT2D eigenvalue weighted by Crippen LogP contribution is -2.56. The van der Waals surface area contributed by atoms with E-state index < -0.39 is 0 Å². The van der Waals surface area contributed by atoms with Crippen molar-refractivity contribution < 1.29 is 4.79 Å². The Bertz CT molecular complexity index is 621. The Hall–Kier alpha value is -0.750.